The summed E-state index contributed by atoms with van der Waals surface area (Å²) >= 11 is 36.6. The van der Waals surface area contributed by atoms with Crippen molar-refractivity contribution in [1.82, 2.24) is 5.32 Å². The maximum Gasteiger partial charge on any atom is 0.322 e. The van der Waals surface area contributed by atoms with Crippen LogP contribution in [-0.2, 0) is 38.8 Å². The Morgan fingerprint density at radius 1 is 0.566 bits per heavy atom. The van der Waals surface area contributed by atoms with Crippen LogP contribution in [-0.4, -0.2) is 46.4 Å². The van der Waals surface area contributed by atoms with Crippen molar-refractivity contribution in [3.8, 4) is 11.5 Å². The van der Waals surface area contributed by atoms with Gasteiger partial charge in [0, 0.05) is 40.8 Å². The lowest BCUT2D eigenvalue weighted by molar-refractivity contribution is -0.137. The number of carboxylic acids is 2. The summed E-state index contributed by atoms with van der Waals surface area (Å²) in [7, 11) is 0. The molecule has 4 aromatic carbocycles. The molecule has 0 saturated heterocycles. The molecule has 0 bridgehead atoms. The summed E-state index contributed by atoms with van der Waals surface area (Å²) in [4.78, 5) is 55.6. The molecule has 0 fully saturated rings. The van der Waals surface area contributed by atoms with Crippen molar-refractivity contribution in [3.05, 3.63) is 113 Å². The summed E-state index contributed by atoms with van der Waals surface area (Å²) in [5.41, 5.74) is 3.00. The number of hydrogen-bond donors (Lipinski definition) is 5. The first-order valence-corrected chi connectivity index (χ1v) is 17.2. The minimum Gasteiger partial charge on any atom is -0.486 e. The molecule has 5 N–H and O–H groups in total. The smallest absolute Gasteiger partial charge is 0.322 e. The standard InChI is InChI=1S/C18H15Cl3N2O5.C17H14Cl3NO4/c1-9(24)23-13-3-10(2-12(19)6-13)8-28-17-14(20)4-11(5-15(17)21)18(27)22-7-16(25)26;1-9(22)21-13-3-11(2-12(18)7-13)8-25-17-14(19)4-10(5-15(17)20)6-16(23)24/h2-6H,7-8H2,1H3,(H,22,27)(H,23,24)(H,25,26);2-5,7H,6,8H2,1H3,(H,21,22)(H,23,24). The van der Waals surface area contributed by atoms with Gasteiger partial charge in [-0.05, 0) is 77.4 Å². The molecule has 0 unspecified atom stereocenters. The molecule has 0 saturated carbocycles. The van der Waals surface area contributed by atoms with Crippen molar-refractivity contribution < 1.29 is 43.7 Å². The van der Waals surface area contributed by atoms with Gasteiger partial charge in [0.1, 0.15) is 19.8 Å². The molecular weight excluding hydrogens is 819 g/mol. The molecule has 12 nitrogen and oxygen atoms in total. The number of rotatable bonds is 13. The van der Waals surface area contributed by atoms with Gasteiger partial charge in [0.05, 0.1) is 26.5 Å². The zero-order valence-corrected chi connectivity index (χ0v) is 32.2. The van der Waals surface area contributed by atoms with E-state index in [4.69, 9.17) is 89.3 Å². The lowest BCUT2D eigenvalue weighted by atomic mass is 10.1. The number of amides is 3. The van der Waals surface area contributed by atoms with Gasteiger partial charge >= 0.3 is 11.9 Å². The summed E-state index contributed by atoms with van der Waals surface area (Å²) in [5, 5.41) is 26.4. The molecule has 0 radical (unpaired) electrons. The molecule has 0 heterocycles. The Balaban J connectivity index is 0.000000287. The maximum absolute atomic E-state index is 11.9. The van der Waals surface area contributed by atoms with Crippen LogP contribution in [0.15, 0.2) is 60.7 Å². The minimum atomic E-state index is -1.18. The number of aliphatic carboxylic acids is 2. The summed E-state index contributed by atoms with van der Waals surface area (Å²) in [6, 6.07) is 15.6. The normalized spacial score (nSPS) is 10.3. The third-order valence-electron chi connectivity index (χ3n) is 6.40. The van der Waals surface area contributed by atoms with Crippen LogP contribution in [0.3, 0.4) is 0 Å². The van der Waals surface area contributed by atoms with E-state index in [9.17, 15) is 24.0 Å². The van der Waals surface area contributed by atoms with Crippen molar-refractivity contribution in [3.63, 3.8) is 0 Å². The van der Waals surface area contributed by atoms with Crippen LogP contribution in [0.5, 0.6) is 11.5 Å². The number of benzene rings is 4. The first-order chi connectivity index (χ1) is 24.9. The van der Waals surface area contributed by atoms with Gasteiger partial charge < -0.3 is 35.6 Å². The Bertz CT molecular complexity index is 2000. The molecule has 0 aliphatic rings. The van der Waals surface area contributed by atoms with Crippen LogP contribution in [0.25, 0.3) is 0 Å². The van der Waals surface area contributed by atoms with E-state index in [0.29, 0.717) is 38.1 Å². The quantitative estimate of drug-likeness (QED) is 0.0879. The number of anilines is 2. The Labute approximate surface area is 333 Å². The first-order valence-electron chi connectivity index (χ1n) is 15.0. The lowest BCUT2D eigenvalue weighted by Crippen LogP contribution is -2.29. The average molecular weight is 848 g/mol. The van der Waals surface area contributed by atoms with E-state index in [2.05, 4.69) is 16.0 Å². The van der Waals surface area contributed by atoms with Crippen molar-refractivity contribution in [2.75, 3.05) is 17.2 Å². The highest BCUT2D eigenvalue weighted by Gasteiger charge is 2.16. The fourth-order valence-corrected chi connectivity index (χ4v) is 6.20. The molecule has 280 valence electrons. The lowest BCUT2D eigenvalue weighted by Gasteiger charge is -2.13. The number of carbonyl (C=O) groups is 5. The van der Waals surface area contributed by atoms with E-state index in [1.54, 1.807) is 36.4 Å². The maximum atomic E-state index is 11.9. The molecule has 0 spiro atoms. The zero-order valence-electron chi connectivity index (χ0n) is 27.6. The van der Waals surface area contributed by atoms with E-state index in [0.717, 1.165) is 0 Å². The highest BCUT2D eigenvalue weighted by atomic mass is 35.5. The van der Waals surface area contributed by atoms with Crippen molar-refractivity contribution in [2.24, 2.45) is 0 Å². The molecule has 0 aromatic heterocycles. The highest BCUT2D eigenvalue weighted by molar-refractivity contribution is 6.38. The van der Waals surface area contributed by atoms with Crippen LogP contribution in [0.4, 0.5) is 11.4 Å². The Morgan fingerprint density at radius 3 is 1.36 bits per heavy atom. The second kappa shape index (κ2) is 20.1. The molecular formula is C35H29Cl6N3O9. The predicted octanol–water partition coefficient (Wildman–Crippen LogP) is 8.81. The summed E-state index contributed by atoms with van der Waals surface area (Å²) < 4.78 is 11.3. The van der Waals surface area contributed by atoms with Crippen LogP contribution in [0, 0.1) is 0 Å². The van der Waals surface area contributed by atoms with Crippen molar-refractivity contribution in [2.45, 2.75) is 33.5 Å². The third kappa shape index (κ3) is 14.5. The van der Waals surface area contributed by atoms with E-state index in [1.807, 2.05) is 0 Å². The number of ether oxygens (including phenoxy) is 2. The van der Waals surface area contributed by atoms with E-state index in [1.165, 1.54) is 38.1 Å². The fraction of sp³-hybridized carbons (Fsp3) is 0.171. The summed E-state index contributed by atoms with van der Waals surface area (Å²) in [6.45, 7) is 2.42. The number of halogens is 6. The van der Waals surface area contributed by atoms with E-state index < -0.39 is 24.4 Å². The minimum absolute atomic E-state index is 0.0527. The number of carboxylic acid groups (broad SMARTS) is 2. The first kappa shape index (κ1) is 43.0. The third-order valence-corrected chi connectivity index (χ3v) is 7.96. The summed E-state index contributed by atoms with van der Waals surface area (Å²) in [5.74, 6) is -2.84. The van der Waals surface area contributed by atoms with Gasteiger partial charge in [-0.2, -0.15) is 0 Å². The highest BCUT2D eigenvalue weighted by Crippen LogP contribution is 2.36. The van der Waals surface area contributed by atoms with Gasteiger partial charge in [-0.3, -0.25) is 24.0 Å². The van der Waals surface area contributed by atoms with Crippen LogP contribution in [0.2, 0.25) is 30.1 Å². The van der Waals surface area contributed by atoms with Crippen LogP contribution < -0.4 is 25.4 Å². The molecule has 0 atom stereocenters. The van der Waals surface area contributed by atoms with Crippen molar-refractivity contribution >= 4 is 111 Å². The molecule has 0 aliphatic carbocycles. The molecule has 0 aliphatic heterocycles. The number of carbonyl (C=O) groups excluding carboxylic acids is 3. The zero-order chi connectivity index (χ0) is 39.4. The Hall–Kier alpha value is -4.43. The van der Waals surface area contributed by atoms with Crippen LogP contribution >= 0.6 is 69.6 Å². The van der Waals surface area contributed by atoms with E-state index in [-0.39, 0.29) is 68.6 Å². The topological polar surface area (TPSA) is 180 Å². The molecule has 53 heavy (non-hydrogen) atoms. The molecule has 18 heteroatoms. The van der Waals surface area contributed by atoms with Gasteiger partial charge in [-0.15, -0.1) is 0 Å². The van der Waals surface area contributed by atoms with Gasteiger partial charge in [0.25, 0.3) is 5.91 Å². The molecule has 4 aromatic rings. The van der Waals surface area contributed by atoms with E-state index >= 15 is 0 Å². The van der Waals surface area contributed by atoms with Gasteiger partial charge in [0.15, 0.2) is 11.5 Å². The number of hydrogen-bond acceptors (Lipinski definition) is 7. The average Bonchev–Trinajstić information content (AvgIpc) is 3.01. The molecule has 3 amide bonds. The fourth-order valence-electron chi connectivity index (χ4n) is 4.44. The summed E-state index contributed by atoms with van der Waals surface area (Å²) in [6.07, 6.45) is -0.186. The monoisotopic (exact) mass is 845 g/mol. The second-order valence-corrected chi connectivity index (χ2v) is 13.4. The van der Waals surface area contributed by atoms with Crippen molar-refractivity contribution in [1.29, 1.82) is 0 Å². The SMILES string of the molecule is CC(=O)Nc1cc(Cl)cc(COc2c(Cl)cc(C(=O)NCC(=O)O)cc2Cl)c1.CC(=O)Nc1cc(Cl)cc(COc2c(Cl)cc(CC(=O)O)cc2Cl)c1. The van der Waals surface area contributed by atoms with Gasteiger partial charge in [-0.1, -0.05) is 69.6 Å². The number of nitrogens with one attached hydrogen (secondary N) is 3. The Morgan fingerprint density at radius 2 is 0.981 bits per heavy atom. The molecule has 4 rings (SSSR count). The van der Waals surface area contributed by atoms with Gasteiger partial charge in [0.2, 0.25) is 11.8 Å². The largest absolute Gasteiger partial charge is 0.486 e. The Kier molecular flexibility index (Phi) is 16.3. The second-order valence-electron chi connectivity index (χ2n) is 10.9. The van der Waals surface area contributed by atoms with Gasteiger partial charge in [-0.25, -0.2) is 0 Å². The predicted molar refractivity (Wildman–Crippen MR) is 204 cm³/mol. The van der Waals surface area contributed by atoms with Crippen LogP contribution in [0.1, 0.15) is 40.9 Å².